The molecule has 0 bridgehead atoms. The number of methoxy groups -OCH3 is 1. The van der Waals surface area contributed by atoms with E-state index in [1.54, 1.807) is 26.2 Å². The molecule has 1 aliphatic rings. The topological polar surface area (TPSA) is 78.9 Å². The van der Waals surface area contributed by atoms with Crippen LogP contribution in [0.15, 0.2) is 47.4 Å². The fraction of sp³-hybridized carbons (Fsp3) is 0.409. The minimum Gasteiger partial charge on any atom is -0.497 e. The Kier molecular flexibility index (Phi) is 6.80. The SMILES string of the molecule is COc1ccc([C@@H](C)NC(=O)c2ccc(C)c(S(=O)(=O)N3CCN(C)CC3)c2)cc1. The van der Waals surface area contributed by atoms with Gasteiger partial charge in [0.2, 0.25) is 10.0 Å². The third kappa shape index (κ3) is 4.83. The van der Waals surface area contributed by atoms with Gasteiger partial charge in [-0.2, -0.15) is 4.31 Å². The molecule has 0 radical (unpaired) electrons. The lowest BCUT2D eigenvalue weighted by atomic mass is 10.1. The molecule has 162 valence electrons. The molecule has 0 aromatic heterocycles. The van der Waals surface area contributed by atoms with E-state index in [2.05, 4.69) is 10.2 Å². The Morgan fingerprint density at radius 2 is 1.70 bits per heavy atom. The quantitative estimate of drug-likeness (QED) is 0.760. The first-order valence-corrected chi connectivity index (χ1v) is 11.4. The predicted octanol–water partition coefficient (Wildman–Crippen LogP) is 2.43. The molecule has 0 aliphatic carbocycles. The summed E-state index contributed by atoms with van der Waals surface area (Å²) in [6.07, 6.45) is 0. The standard InChI is InChI=1S/C22H29N3O4S/c1-16-5-6-19(15-21(16)30(27,28)25-13-11-24(3)12-14-25)22(26)23-17(2)18-7-9-20(29-4)10-8-18/h5-10,15,17H,11-14H2,1-4H3,(H,23,26)/t17-/m1/s1. The van der Waals surface area contributed by atoms with E-state index in [1.807, 2.05) is 38.2 Å². The van der Waals surface area contributed by atoms with Crippen molar-refractivity contribution in [1.82, 2.24) is 14.5 Å². The maximum absolute atomic E-state index is 13.2. The Balaban J connectivity index is 1.79. The van der Waals surface area contributed by atoms with Crippen LogP contribution in [0.2, 0.25) is 0 Å². The van der Waals surface area contributed by atoms with Crippen LogP contribution in [0, 0.1) is 6.92 Å². The van der Waals surface area contributed by atoms with Gasteiger partial charge < -0.3 is 15.0 Å². The summed E-state index contributed by atoms with van der Waals surface area (Å²) in [6, 6.07) is 12.1. The fourth-order valence-corrected chi connectivity index (χ4v) is 5.12. The van der Waals surface area contributed by atoms with Crippen molar-refractivity contribution in [2.24, 2.45) is 0 Å². The van der Waals surface area contributed by atoms with Crippen molar-refractivity contribution in [2.45, 2.75) is 24.8 Å². The lowest BCUT2D eigenvalue weighted by Crippen LogP contribution is -2.47. The molecule has 1 amide bonds. The normalized spacial score (nSPS) is 16.8. The van der Waals surface area contributed by atoms with Gasteiger partial charge in [0.15, 0.2) is 0 Å². The fourth-order valence-electron chi connectivity index (χ4n) is 3.44. The molecule has 2 aromatic carbocycles. The number of amides is 1. The van der Waals surface area contributed by atoms with Gasteiger partial charge in [-0.05, 0) is 56.3 Å². The van der Waals surface area contributed by atoms with E-state index in [-0.39, 0.29) is 16.8 Å². The smallest absolute Gasteiger partial charge is 0.251 e. The number of benzene rings is 2. The van der Waals surface area contributed by atoms with Gasteiger partial charge >= 0.3 is 0 Å². The number of piperazine rings is 1. The zero-order chi connectivity index (χ0) is 21.9. The molecule has 1 N–H and O–H groups in total. The molecule has 1 fully saturated rings. The number of aryl methyl sites for hydroxylation is 1. The average molecular weight is 432 g/mol. The molecular weight excluding hydrogens is 402 g/mol. The van der Waals surface area contributed by atoms with E-state index >= 15 is 0 Å². The third-order valence-corrected chi connectivity index (χ3v) is 7.53. The number of ether oxygens (including phenoxy) is 1. The van der Waals surface area contributed by atoms with Gasteiger partial charge in [-0.25, -0.2) is 8.42 Å². The highest BCUT2D eigenvalue weighted by Crippen LogP contribution is 2.23. The second kappa shape index (κ2) is 9.16. The highest BCUT2D eigenvalue weighted by Gasteiger charge is 2.29. The first-order valence-electron chi connectivity index (χ1n) is 9.96. The van der Waals surface area contributed by atoms with Gasteiger partial charge in [0.25, 0.3) is 5.91 Å². The summed E-state index contributed by atoms with van der Waals surface area (Å²) in [7, 11) is -0.0688. The van der Waals surface area contributed by atoms with Crippen LogP contribution in [-0.2, 0) is 10.0 Å². The summed E-state index contributed by atoms with van der Waals surface area (Å²) in [5.41, 5.74) is 1.89. The van der Waals surface area contributed by atoms with Gasteiger partial charge in [-0.15, -0.1) is 0 Å². The van der Waals surface area contributed by atoms with Crippen molar-refractivity contribution in [3.05, 3.63) is 59.2 Å². The molecule has 3 rings (SSSR count). The predicted molar refractivity (Wildman–Crippen MR) is 116 cm³/mol. The third-order valence-electron chi connectivity index (χ3n) is 5.49. The van der Waals surface area contributed by atoms with Gasteiger partial charge in [0, 0.05) is 31.7 Å². The second-order valence-electron chi connectivity index (χ2n) is 7.66. The summed E-state index contributed by atoms with van der Waals surface area (Å²) >= 11 is 0. The molecule has 1 aliphatic heterocycles. The Labute approximate surface area is 178 Å². The van der Waals surface area contributed by atoms with E-state index in [1.165, 1.54) is 10.4 Å². The molecule has 1 saturated heterocycles. The Bertz CT molecular complexity index is 998. The number of likely N-dealkylation sites (N-methyl/N-ethyl adjacent to an activating group) is 1. The zero-order valence-corrected chi connectivity index (χ0v) is 18.7. The molecule has 1 heterocycles. The molecule has 0 saturated carbocycles. The van der Waals surface area contributed by atoms with Crippen molar-refractivity contribution in [3.8, 4) is 5.75 Å². The van der Waals surface area contributed by atoms with Crippen LogP contribution in [0.4, 0.5) is 0 Å². The van der Waals surface area contributed by atoms with Crippen molar-refractivity contribution < 1.29 is 17.9 Å². The number of carbonyl (C=O) groups excluding carboxylic acids is 1. The van der Waals surface area contributed by atoms with Crippen LogP contribution in [0.1, 0.15) is 34.5 Å². The summed E-state index contributed by atoms with van der Waals surface area (Å²) in [5.74, 6) is 0.433. The van der Waals surface area contributed by atoms with Crippen LogP contribution in [0.3, 0.4) is 0 Å². The zero-order valence-electron chi connectivity index (χ0n) is 17.9. The lowest BCUT2D eigenvalue weighted by Gasteiger charge is -2.32. The van der Waals surface area contributed by atoms with Gasteiger partial charge in [-0.1, -0.05) is 18.2 Å². The molecule has 2 aromatic rings. The van der Waals surface area contributed by atoms with Gasteiger partial charge in [0.1, 0.15) is 5.75 Å². The maximum Gasteiger partial charge on any atom is 0.251 e. The Morgan fingerprint density at radius 1 is 1.07 bits per heavy atom. The van der Waals surface area contributed by atoms with Crippen LogP contribution in [0.25, 0.3) is 0 Å². The van der Waals surface area contributed by atoms with Crippen LogP contribution >= 0.6 is 0 Å². The van der Waals surface area contributed by atoms with E-state index in [0.717, 1.165) is 11.3 Å². The number of hydrogen-bond acceptors (Lipinski definition) is 5. The Hall–Kier alpha value is -2.42. The number of nitrogens with one attached hydrogen (secondary N) is 1. The molecule has 7 nitrogen and oxygen atoms in total. The maximum atomic E-state index is 13.2. The van der Waals surface area contributed by atoms with Gasteiger partial charge in [0.05, 0.1) is 18.0 Å². The molecule has 0 spiro atoms. The Morgan fingerprint density at radius 3 is 2.30 bits per heavy atom. The molecule has 1 atom stereocenters. The van der Waals surface area contributed by atoms with E-state index in [0.29, 0.717) is 37.3 Å². The first-order chi connectivity index (χ1) is 14.2. The van der Waals surface area contributed by atoms with E-state index in [4.69, 9.17) is 4.74 Å². The van der Waals surface area contributed by atoms with Crippen molar-refractivity contribution in [1.29, 1.82) is 0 Å². The van der Waals surface area contributed by atoms with Crippen LogP contribution in [-0.4, -0.2) is 63.9 Å². The molecule has 8 heteroatoms. The van der Waals surface area contributed by atoms with Crippen LogP contribution in [0.5, 0.6) is 5.75 Å². The first kappa shape index (κ1) is 22.3. The second-order valence-corrected chi connectivity index (χ2v) is 9.56. The summed E-state index contributed by atoms with van der Waals surface area (Å²) in [6.45, 7) is 5.92. The minimum absolute atomic E-state index is 0.191. The molecular formula is C22H29N3O4S. The number of sulfonamides is 1. The number of hydrogen-bond donors (Lipinski definition) is 1. The molecule has 0 unspecified atom stereocenters. The lowest BCUT2D eigenvalue weighted by molar-refractivity contribution is 0.0939. The van der Waals surface area contributed by atoms with Gasteiger partial charge in [-0.3, -0.25) is 4.79 Å². The van der Waals surface area contributed by atoms with Crippen molar-refractivity contribution in [3.63, 3.8) is 0 Å². The molecule has 30 heavy (non-hydrogen) atoms. The monoisotopic (exact) mass is 431 g/mol. The summed E-state index contributed by atoms with van der Waals surface area (Å²) in [5, 5.41) is 2.94. The number of nitrogens with zero attached hydrogens (tertiary/aromatic N) is 2. The van der Waals surface area contributed by atoms with Crippen molar-refractivity contribution in [2.75, 3.05) is 40.3 Å². The largest absolute Gasteiger partial charge is 0.497 e. The average Bonchev–Trinajstić information content (AvgIpc) is 2.74. The summed E-state index contributed by atoms with van der Waals surface area (Å²) in [4.78, 5) is 15.1. The highest BCUT2D eigenvalue weighted by molar-refractivity contribution is 7.89. The number of rotatable bonds is 6. The van der Waals surface area contributed by atoms with Crippen LogP contribution < -0.4 is 10.1 Å². The van der Waals surface area contributed by atoms with E-state index < -0.39 is 10.0 Å². The summed E-state index contributed by atoms with van der Waals surface area (Å²) < 4.78 is 33.0. The van der Waals surface area contributed by atoms with E-state index in [9.17, 15) is 13.2 Å². The number of carbonyl (C=O) groups is 1. The minimum atomic E-state index is -3.65. The highest BCUT2D eigenvalue weighted by atomic mass is 32.2. The van der Waals surface area contributed by atoms with Crippen molar-refractivity contribution >= 4 is 15.9 Å².